The van der Waals surface area contributed by atoms with Crippen molar-refractivity contribution in [3.05, 3.63) is 29.3 Å². The van der Waals surface area contributed by atoms with Crippen molar-refractivity contribution in [1.82, 2.24) is 5.32 Å². The van der Waals surface area contributed by atoms with Crippen molar-refractivity contribution in [2.75, 3.05) is 26.4 Å². The van der Waals surface area contributed by atoms with Crippen LogP contribution in [0.5, 0.6) is 5.75 Å². The van der Waals surface area contributed by atoms with Crippen LogP contribution in [0.1, 0.15) is 24.0 Å². The van der Waals surface area contributed by atoms with Crippen LogP contribution in [0.3, 0.4) is 0 Å². The number of hydrogen-bond acceptors (Lipinski definition) is 3. The molecular weight excluding hydrogens is 226 g/mol. The average molecular weight is 245 g/mol. The van der Waals surface area contributed by atoms with E-state index < -0.39 is 0 Å². The molecule has 0 aromatic heterocycles. The van der Waals surface area contributed by atoms with E-state index in [-0.39, 0.29) is 5.41 Å². The fourth-order valence-corrected chi connectivity index (χ4v) is 2.86. The van der Waals surface area contributed by atoms with Gasteiger partial charge in [0.1, 0.15) is 5.75 Å². The topological polar surface area (TPSA) is 30.5 Å². The molecule has 1 saturated heterocycles. The van der Waals surface area contributed by atoms with Gasteiger partial charge in [-0.05, 0) is 30.0 Å². The minimum Gasteiger partial charge on any atom is -0.493 e. The van der Waals surface area contributed by atoms with Crippen LogP contribution >= 0.6 is 0 Å². The molecule has 18 heavy (non-hydrogen) atoms. The monoisotopic (exact) mass is 245 g/mol. The molecule has 2 fully saturated rings. The van der Waals surface area contributed by atoms with E-state index >= 15 is 0 Å². The van der Waals surface area contributed by atoms with Gasteiger partial charge in [-0.2, -0.15) is 0 Å². The molecule has 1 N–H and O–H groups in total. The predicted molar refractivity (Wildman–Crippen MR) is 69.2 cm³/mol. The maximum Gasteiger partial charge on any atom is 0.122 e. The Labute approximate surface area is 107 Å². The van der Waals surface area contributed by atoms with E-state index in [4.69, 9.17) is 9.47 Å². The van der Waals surface area contributed by atoms with Gasteiger partial charge in [0.2, 0.25) is 0 Å². The molecule has 2 aliphatic heterocycles. The zero-order chi connectivity index (χ0) is 12.0. The summed E-state index contributed by atoms with van der Waals surface area (Å²) in [7, 11) is 0. The molecule has 96 valence electrons. The van der Waals surface area contributed by atoms with Gasteiger partial charge in [0.15, 0.2) is 0 Å². The first-order valence-electron chi connectivity index (χ1n) is 6.93. The summed E-state index contributed by atoms with van der Waals surface area (Å²) in [6, 6.07) is 7.45. The lowest BCUT2D eigenvalue weighted by molar-refractivity contribution is -0.0592. The summed E-state index contributed by atoms with van der Waals surface area (Å²) in [5.74, 6) is 1.07. The van der Waals surface area contributed by atoms with Crippen LogP contribution in [0.15, 0.2) is 18.2 Å². The lowest BCUT2D eigenvalue weighted by Gasteiger charge is -2.42. The van der Waals surface area contributed by atoms with Gasteiger partial charge in [-0.25, -0.2) is 0 Å². The predicted octanol–water partition coefficient (Wildman–Crippen LogP) is 1.64. The average Bonchev–Trinajstić information content (AvgIpc) is 3.04. The lowest BCUT2D eigenvalue weighted by atomic mass is 9.78. The quantitative estimate of drug-likeness (QED) is 0.875. The molecule has 0 bridgehead atoms. The third kappa shape index (κ3) is 1.73. The number of fused-ring (bicyclic) bond motifs is 1. The van der Waals surface area contributed by atoms with E-state index in [9.17, 15) is 0 Å². The zero-order valence-corrected chi connectivity index (χ0v) is 10.6. The van der Waals surface area contributed by atoms with Crippen LogP contribution in [-0.2, 0) is 16.6 Å². The number of nitrogens with one attached hydrogen (secondary N) is 1. The fraction of sp³-hybridized carbons (Fsp3) is 0.600. The Morgan fingerprint density at radius 3 is 2.89 bits per heavy atom. The van der Waals surface area contributed by atoms with E-state index in [0.29, 0.717) is 0 Å². The van der Waals surface area contributed by atoms with Crippen LogP contribution in [0.25, 0.3) is 0 Å². The Kier molecular flexibility index (Phi) is 2.39. The van der Waals surface area contributed by atoms with Crippen LogP contribution < -0.4 is 10.1 Å². The number of rotatable bonds is 4. The van der Waals surface area contributed by atoms with E-state index in [2.05, 4.69) is 23.5 Å². The van der Waals surface area contributed by atoms with Crippen molar-refractivity contribution in [2.24, 2.45) is 0 Å². The lowest BCUT2D eigenvalue weighted by Crippen LogP contribution is -2.53. The molecule has 1 saturated carbocycles. The number of hydrogen-bond donors (Lipinski definition) is 1. The fourth-order valence-electron chi connectivity index (χ4n) is 2.86. The smallest absolute Gasteiger partial charge is 0.122 e. The van der Waals surface area contributed by atoms with Crippen molar-refractivity contribution < 1.29 is 9.47 Å². The van der Waals surface area contributed by atoms with E-state index in [1.165, 1.54) is 24.0 Å². The van der Waals surface area contributed by atoms with Crippen LogP contribution in [0, 0.1) is 0 Å². The van der Waals surface area contributed by atoms with Gasteiger partial charge < -0.3 is 14.8 Å². The maximum atomic E-state index is 5.58. The minimum absolute atomic E-state index is 0.209. The highest BCUT2D eigenvalue weighted by Crippen LogP contribution is 2.36. The molecule has 1 aliphatic carbocycles. The Balaban J connectivity index is 1.58. The second kappa shape index (κ2) is 3.97. The summed E-state index contributed by atoms with van der Waals surface area (Å²) in [4.78, 5) is 0. The summed E-state index contributed by atoms with van der Waals surface area (Å²) in [6.45, 7) is 3.60. The second-order valence-corrected chi connectivity index (χ2v) is 5.85. The van der Waals surface area contributed by atoms with Crippen molar-refractivity contribution in [3.63, 3.8) is 0 Å². The molecule has 1 aromatic rings. The van der Waals surface area contributed by atoms with Crippen molar-refractivity contribution >= 4 is 0 Å². The molecule has 0 radical (unpaired) electrons. The van der Waals surface area contributed by atoms with Crippen molar-refractivity contribution in [3.8, 4) is 5.75 Å². The Morgan fingerprint density at radius 1 is 1.28 bits per heavy atom. The van der Waals surface area contributed by atoms with Crippen LogP contribution in [0.4, 0.5) is 0 Å². The molecule has 3 heteroatoms. The summed E-state index contributed by atoms with van der Waals surface area (Å²) in [6.07, 6.45) is 3.74. The summed E-state index contributed by atoms with van der Waals surface area (Å²) < 4.78 is 11.1. The molecule has 0 amide bonds. The number of ether oxygens (including phenoxy) is 2. The molecule has 3 nitrogen and oxygen atoms in total. The molecule has 0 unspecified atom stereocenters. The van der Waals surface area contributed by atoms with Gasteiger partial charge in [-0.1, -0.05) is 12.1 Å². The molecule has 3 aliphatic rings. The third-order valence-electron chi connectivity index (χ3n) is 4.37. The Morgan fingerprint density at radius 2 is 2.17 bits per heavy atom. The third-order valence-corrected chi connectivity index (χ3v) is 4.37. The molecule has 0 atom stereocenters. The highest BCUT2D eigenvalue weighted by atomic mass is 16.5. The Hall–Kier alpha value is -1.06. The van der Waals surface area contributed by atoms with Gasteiger partial charge >= 0.3 is 0 Å². The van der Waals surface area contributed by atoms with Gasteiger partial charge in [0.05, 0.1) is 25.2 Å². The first kappa shape index (κ1) is 10.8. The van der Waals surface area contributed by atoms with Gasteiger partial charge in [0, 0.05) is 19.0 Å². The normalized spacial score (nSPS) is 24.2. The molecule has 4 rings (SSSR count). The van der Waals surface area contributed by atoms with Gasteiger partial charge in [-0.3, -0.25) is 0 Å². The van der Waals surface area contributed by atoms with Gasteiger partial charge in [-0.15, -0.1) is 0 Å². The standard InChI is InChI=1S/C15H19NO2/c1-4-14-11(5-6-18-14)7-12(1)15(9-17-10-15)8-16-13-2-3-13/h1,4,7,13,16H,2-3,5-6,8-10H2. The summed E-state index contributed by atoms with van der Waals surface area (Å²) in [5.41, 5.74) is 3.00. The first-order chi connectivity index (χ1) is 8.86. The van der Waals surface area contributed by atoms with E-state index in [0.717, 1.165) is 44.6 Å². The van der Waals surface area contributed by atoms with E-state index in [1.54, 1.807) is 0 Å². The highest BCUT2D eigenvalue weighted by molar-refractivity contribution is 5.43. The molecule has 1 aromatic carbocycles. The number of benzene rings is 1. The largest absolute Gasteiger partial charge is 0.493 e. The molecular formula is C15H19NO2. The van der Waals surface area contributed by atoms with Crippen LogP contribution in [-0.4, -0.2) is 32.4 Å². The van der Waals surface area contributed by atoms with E-state index in [1.807, 2.05) is 0 Å². The first-order valence-corrected chi connectivity index (χ1v) is 6.93. The SMILES string of the molecule is c1cc2c(cc1C1(CNC3CC3)COC1)CCO2. The van der Waals surface area contributed by atoms with Crippen molar-refractivity contribution in [2.45, 2.75) is 30.7 Å². The second-order valence-electron chi connectivity index (χ2n) is 5.85. The summed E-state index contributed by atoms with van der Waals surface area (Å²) in [5, 5.41) is 3.65. The van der Waals surface area contributed by atoms with Crippen molar-refractivity contribution in [1.29, 1.82) is 0 Å². The minimum atomic E-state index is 0.209. The summed E-state index contributed by atoms with van der Waals surface area (Å²) >= 11 is 0. The Bertz CT molecular complexity index is 464. The highest BCUT2D eigenvalue weighted by Gasteiger charge is 2.41. The van der Waals surface area contributed by atoms with Gasteiger partial charge in [0.25, 0.3) is 0 Å². The maximum absolute atomic E-state index is 5.58. The molecule has 2 heterocycles. The molecule has 0 spiro atoms. The van der Waals surface area contributed by atoms with Crippen LogP contribution in [0.2, 0.25) is 0 Å². The zero-order valence-electron chi connectivity index (χ0n) is 10.6.